The first-order valence-corrected chi connectivity index (χ1v) is 31.1. The van der Waals surface area contributed by atoms with Crippen LogP contribution in [0.4, 0.5) is 0 Å². The molecule has 6 aromatic rings. The van der Waals surface area contributed by atoms with Gasteiger partial charge in [0.15, 0.2) is 0 Å². The van der Waals surface area contributed by atoms with Gasteiger partial charge in [0.05, 0.1) is 0 Å². The van der Waals surface area contributed by atoms with Crippen LogP contribution < -0.4 is 0 Å². The SMILES string of the molecule is CCCC1(Cc2cc3c(-c4ccc(C(C)(C)C)cc4)cccc3[cH-]2)CCC1.CCCC1(Cc2cc3c(-c4ccc(C(C)(C)C)cc4)cccc3[cH-]2)CCC1.C[Si]C.[Cl][Zr+2][Cl]. The van der Waals surface area contributed by atoms with Gasteiger partial charge in [0.2, 0.25) is 0 Å². The molecular weight excluding hydrogens is 863 g/mol. The Balaban J connectivity index is 0.000000201. The number of hydrogen-bond donors (Lipinski definition) is 0. The van der Waals surface area contributed by atoms with E-state index >= 15 is 0 Å². The summed E-state index contributed by atoms with van der Waals surface area (Å²) in [6.07, 6.45) is 16.4. The zero-order valence-corrected chi connectivity index (χ0v) is 43.6. The zero-order chi connectivity index (χ0) is 43.6. The molecule has 2 radical (unpaired) electrons. The molecule has 0 N–H and O–H groups in total. The first-order chi connectivity index (χ1) is 28.6. The fraction of sp³-hybridized carbons (Fsp3) is 0.464. The molecule has 0 bridgehead atoms. The van der Waals surface area contributed by atoms with Crippen LogP contribution in [0.25, 0.3) is 43.8 Å². The molecule has 2 saturated carbocycles. The molecule has 0 aromatic heterocycles. The summed E-state index contributed by atoms with van der Waals surface area (Å²) in [5.41, 5.74) is 12.9. The molecule has 2 aliphatic rings. The quantitative estimate of drug-likeness (QED) is 0.0948. The number of fused-ring (bicyclic) bond motifs is 2. The van der Waals surface area contributed by atoms with Crippen LogP contribution in [0, 0.1) is 10.8 Å². The Morgan fingerprint density at radius 1 is 0.567 bits per heavy atom. The minimum absolute atomic E-state index is 0.203. The van der Waals surface area contributed by atoms with Crippen LogP contribution in [-0.2, 0) is 44.5 Å². The summed E-state index contributed by atoms with van der Waals surface area (Å²) in [6.45, 7) is 22.6. The van der Waals surface area contributed by atoms with Crippen LogP contribution in [0.1, 0.15) is 142 Å². The Hall–Kier alpha value is -2.22. The van der Waals surface area contributed by atoms with Gasteiger partial charge in [0.25, 0.3) is 0 Å². The van der Waals surface area contributed by atoms with Crippen molar-refractivity contribution in [2.24, 2.45) is 10.8 Å². The topological polar surface area (TPSA) is 0 Å². The van der Waals surface area contributed by atoms with Crippen LogP contribution in [-0.4, -0.2) is 9.52 Å². The summed E-state index contributed by atoms with van der Waals surface area (Å²) in [6, 6.07) is 41.7. The van der Waals surface area contributed by atoms with E-state index in [0.29, 0.717) is 10.8 Å². The molecule has 60 heavy (non-hydrogen) atoms. The second-order valence-corrected chi connectivity index (χ2v) is 24.9. The van der Waals surface area contributed by atoms with Crippen molar-refractivity contribution in [3.8, 4) is 22.3 Å². The Kier molecular flexibility index (Phi) is 17.8. The molecule has 8 rings (SSSR count). The monoisotopic (exact) mass is 932 g/mol. The summed E-state index contributed by atoms with van der Waals surface area (Å²) in [4.78, 5) is 0. The van der Waals surface area contributed by atoms with E-state index in [2.05, 4.69) is 178 Å². The first-order valence-electron chi connectivity index (χ1n) is 22.8. The average molecular weight is 935 g/mol. The van der Waals surface area contributed by atoms with Crippen molar-refractivity contribution in [2.45, 2.75) is 156 Å². The van der Waals surface area contributed by atoms with Gasteiger partial charge in [0.1, 0.15) is 0 Å². The van der Waals surface area contributed by atoms with Gasteiger partial charge in [-0.3, -0.25) is 0 Å². The molecule has 0 amide bonds. The summed E-state index contributed by atoms with van der Waals surface area (Å²) in [5, 5.41) is 5.63. The molecule has 4 heteroatoms. The Morgan fingerprint density at radius 3 is 1.17 bits per heavy atom. The van der Waals surface area contributed by atoms with E-state index in [9.17, 15) is 0 Å². The molecule has 2 aliphatic carbocycles. The minimum atomic E-state index is -0.826. The second kappa shape index (κ2) is 21.9. The van der Waals surface area contributed by atoms with Crippen LogP contribution in [0.3, 0.4) is 0 Å². The van der Waals surface area contributed by atoms with E-state index in [4.69, 9.17) is 17.0 Å². The van der Waals surface area contributed by atoms with Crippen LogP contribution >= 0.6 is 17.0 Å². The molecule has 0 atom stereocenters. The molecule has 0 unspecified atom stereocenters. The molecule has 6 aromatic carbocycles. The predicted octanol–water partition coefficient (Wildman–Crippen LogP) is 18.2. The van der Waals surface area contributed by atoms with Crippen LogP contribution in [0.2, 0.25) is 13.1 Å². The van der Waals surface area contributed by atoms with Crippen molar-refractivity contribution in [3.63, 3.8) is 0 Å². The van der Waals surface area contributed by atoms with E-state index in [1.165, 1.54) is 143 Å². The van der Waals surface area contributed by atoms with Gasteiger partial charge in [-0.1, -0.05) is 166 Å². The van der Waals surface area contributed by atoms with E-state index in [-0.39, 0.29) is 10.8 Å². The van der Waals surface area contributed by atoms with E-state index in [0.717, 1.165) is 9.52 Å². The third-order valence-electron chi connectivity index (χ3n) is 13.3. The zero-order valence-electron chi connectivity index (χ0n) is 38.6. The van der Waals surface area contributed by atoms with Crippen molar-refractivity contribution >= 4 is 48.1 Å². The Labute approximate surface area is 386 Å². The summed E-state index contributed by atoms with van der Waals surface area (Å²) in [5.74, 6) is 0. The first kappa shape index (κ1) is 48.8. The maximum absolute atomic E-state index is 4.93. The average Bonchev–Trinajstić information content (AvgIpc) is 3.80. The Bertz CT molecular complexity index is 2040. The molecule has 0 heterocycles. The number of hydrogen-bond acceptors (Lipinski definition) is 0. The third-order valence-corrected chi connectivity index (χ3v) is 13.3. The van der Waals surface area contributed by atoms with Gasteiger partial charge >= 0.3 is 37.9 Å². The normalized spacial score (nSPS) is 15.3. The van der Waals surface area contributed by atoms with Crippen molar-refractivity contribution in [2.75, 3.05) is 0 Å². The molecule has 0 aliphatic heterocycles. The van der Waals surface area contributed by atoms with Crippen molar-refractivity contribution in [1.29, 1.82) is 0 Å². The molecular formula is C56H72Cl2SiZr. The van der Waals surface area contributed by atoms with Crippen molar-refractivity contribution in [1.82, 2.24) is 0 Å². The van der Waals surface area contributed by atoms with Crippen molar-refractivity contribution < 1.29 is 20.8 Å². The summed E-state index contributed by atoms with van der Waals surface area (Å²) in [7, 11) is 11.0. The molecule has 2 fully saturated rings. The van der Waals surface area contributed by atoms with E-state index in [1.54, 1.807) is 0 Å². The van der Waals surface area contributed by atoms with Gasteiger partial charge in [-0.25, -0.2) is 0 Å². The van der Waals surface area contributed by atoms with E-state index in [1.807, 2.05) is 0 Å². The maximum atomic E-state index is 4.93. The number of halogens is 2. The number of rotatable bonds is 10. The van der Waals surface area contributed by atoms with Gasteiger partial charge < -0.3 is 0 Å². The van der Waals surface area contributed by atoms with Crippen molar-refractivity contribution in [3.05, 3.63) is 131 Å². The predicted molar refractivity (Wildman–Crippen MR) is 266 cm³/mol. The molecule has 0 nitrogen and oxygen atoms in total. The van der Waals surface area contributed by atoms with Gasteiger partial charge in [-0.15, -0.1) is 69.1 Å². The third kappa shape index (κ3) is 12.5. The second-order valence-electron chi connectivity index (χ2n) is 20.1. The fourth-order valence-electron chi connectivity index (χ4n) is 9.91. The molecule has 318 valence electrons. The van der Waals surface area contributed by atoms with E-state index < -0.39 is 20.8 Å². The molecule has 0 saturated heterocycles. The summed E-state index contributed by atoms with van der Waals surface area (Å²) < 4.78 is 0. The fourth-order valence-corrected chi connectivity index (χ4v) is 9.91. The van der Waals surface area contributed by atoms with Gasteiger partial charge in [-0.05, 0) is 95.3 Å². The van der Waals surface area contributed by atoms with Gasteiger partial charge in [0, 0.05) is 9.52 Å². The number of benzene rings is 4. The standard InChI is InChI=1S/2C27H33.C2H6Si.2ClH.Zr/c2*1-5-14-27(15-7-16-27)19-20-17-22-8-6-9-24(25(22)18-20)21-10-12-23(13-11-21)26(2,3)4;1-3-2;;;/h2*6,8-13,17-18H,5,7,14-16,19H2,1-4H3;1-2H3;2*1H;/q2*-1;;;;+4/p-2. The van der Waals surface area contributed by atoms with Crippen LogP contribution in [0.5, 0.6) is 0 Å². The van der Waals surface area contributed by atoms with Gasteiger partial charge in [-0.2, -0.15) is 12.1 Å². The van der Waals surface area contributed by atoms with Crippen LogP contribution in [0.15, 0.2) is 109 Å². The summed E-state index contributed by atoms with van der Waals surface area (Å²) >= 11 is -0.826. The molecule has 0 spiro atoms. The Morgan fingerprint density at radius 2 is 0.900 bits per heavy atom.